The first kappa shape index (κ1) is 13.4. The van der Waals surface area contributed by atoms with Crippen molar-refractivity contribution < 1.29 is 4.79 Å². The summed E-state index contributed by atoms with van der Waals surface area (Å²) in [5, 5.41) is 3.42. The molecule has 1 N–H and O–H groups in total. The van der Waals surface area contributed by atoms with E-state index >= 15 is 0 Å². The maximum absolute atomic E-state index is 12.8. The van der Waals surface area contributed by atoms with E-state index in [-0.39, 0.29) is 0 Å². The first-order valence-electron chi connectivity index (χ1n) is 8.05. The number of hydrogen-bond acceptors (Lipinski definition) is 2. The van der Waals surface area contributed by atoms with Crippen molar-refractivity contribution in [1.82, 2.24) is 10.2 Å². The molecule has 1 spiro atoms. The van der Waals surface area contributed by atoms with Crippen molar-refractivity contribution in [1.29, 1.82) is 0 Å². The summed E-state index contributed by atoms with van der Waals surface area (Å²) < 4.78 is 0. The zero-order valence-electron chi connectivity index (χ0n) is 12.6. The van der Waals surface area contributed by atoms with Crippen LogP contribution in [0.5, 0.6) is 0 Å². The minimum atomic E-state index is 0.342. The third-order valence-corrected chi connectivity index (χ3v) is 5.97. The highest BCUT2D eigenvalue weighted by Gasteiger charge is 2.59. The number of carbonyl (C=O) groups excluding carboxylic acids is 1. The minimum Gasteiger partial charge on any atom is -0.339 e. The molecule has 108 valence electrons. The smallest absolute Gasteiger partial charge is 0.226 e. The summed E-state index contributed by atoms with van der Waals surface area (Å²) in [6.07, 6.45) is 4.83. The molecule has 3 aliphatic rings. The van der Waals surface area contributed by atoms with Gasteiger partial charge < -0.3 is 10.2 Å². The molecule has 2 aliphatic heterocycles. The Labute approximate surface area is 117 Å². The molecule has 0 bridgehead atoms. The third-order valence-electron chi connectivity index (χ3n) is 5.97. The Morgan fingerprint density at radius 3 is 2.58 bits per heavy atom. The van der Waals surface area contributed by atoms with Gasteiger partial charge in [0, 0.05) is 18.5 Å². The van der Waals surface area contributed by atoms with E-state index in [1.54, 1.807) is 0 Å². The molecular formula is C16H28N2O. The topological polar surface area (TPSA) is 32.3 Å². The fraction of sp³-hybridized carbons (Fsp3) is 0.938. The first-order valence-corrected chi connectivity index (χ1v) is 8.05. The van der Waals surface area contributed by atoms with E-state index in [2.05, 4.69) is 31.0 Å². The summed E-state index contributed by atoms with van der Waals surface area (Å²) in [5.74, 6) is 2.12. The molecule has 0 aromatic heterocycles. The van der Waals surface area contributed by atoms with Crippen molar-refractivity contribution in [3.63, 3.8) is 0 Å². The van der Waals surface area contributed by atoms with Gasteiger partial charge in [-0.05, 0) is 62.9 Å². The van der Waals surface area contributed by atoms with Gasteiger partial charge in [0.1, 0.15) is 0 Å². The van der Waals surface area contributed by atoms with Crippen LogP contribution >= 0.6 is 0 Å². The van der Waals surface area contributed by atoms with Crippen LogP contribution in [0.25, 0.3) is 0 Å². The van der Waals surface area contributed by atoms with Gasteiger partial charge >= 0.3 is 0 Å². The van der Waals surface area contributed by atoms with Gasteiger partial charge in [0.15, 0.2) is 0 Å². The van der Waals surface area contributed by atoms with Crippen LogP contribution in [-0.2, 0) is 4.79 Å². The van der Waals surface area contributed by atoms with Gasteiger partial charge in [-0.15, -0.1) is 0 Å². The molecule has 0 aromatic carbocycles. The molecule has 4 atom stereocenters. The first-order chi connectivity index (χ1) is 9.03. The van der Waals surface area contributed by atoms with Crippen LogP contribution in [0.1, 0.15) is 46.5 Å². The van der Waals surface area contributed by atoms with Crippen molar-refractivity contribution in [3.05, 3.63) is 0 Å². The molecule has 4 unspecified atom stereocenters. The Morgan fingerprint density at radius 1 is 1.21 bits per heavy atom. The number of piperidine rings is 2. The van der Waals surface area contributed by atoms with Crippen LogP contribution in [0.15, 0.2) is 0 Å². The SMILES string of the molecule is CC1CC(C)C(C)N(C(=O)C2CC23CCNCC3)C1. The van der Waals surface area contributed by atoms with Gasteiger partial charge in [-0.25, -0.2) is 0 Å². The number of likely N-dealkylation sites (tertiary alicyclic amines) is 1. The van der Waals surface area contributed by atoms with Crippen LogP contribution in [0.4, 0.5) is 0 Å². The molecule has 2 saturated heterocycles. The number of carbonyl (C=O) groups is 1. The zero-order chi connectivity index (χ0) is 13.6. The molecule has 1 aliphatic carbocycles. The van der Waals surface area contributed by atoms with Gasteiger partial charge in [-0.2, -0.15) is 0 Å². The molecule has 3 heteroatoms. The normalized spacial score (nSPS) is 41.3. The lowest BCUT2D eigenvalue weighted by molar-refractivity contribution is -0.139. The van der Waals surface area contributed by atoms with Crippen molar-refractivity contribution in [2.45, 2.75) is 52.5 Å². The summed E-state index contributed by atoms with van der Waals surface area (Å²) in [6, 6.07) is 0.433. The molecule has 1 saturated carbocycles. The predicted octanol–water partition coefficient (Wildman–Crippen LogP) is 2.27. The van der Waals surface area contributed by atoms with E-state index in [4.69, 9.17) is 0 Å². The van der Waals surface area contributed by atoms with Crippen molar-refractivity contribution in [2.75, 3.05) is 19.6 Å². The Balaban J connectivity index is 1.67. The lowest BCUT2D eigenvalue weighted by atomic mass is 9.85. The lowest BCUT2D eigenvalue weighted by Gasteiger charge is -2.41. The van der Waals surface area contributed by atoms with Crippen molar-refractivity contribution >= 4 is 5.91 Å². The third kappa shape index (κ3) is 2.31. The second-order valence-corrected chi connectivity index (χ2v) is 7.42. The molecule has 3 fully saturated rings. The fourth-order valence-electron chi connectivity index (χ4n) is 4.38. The summed E-state index contributed by atoms with van der Waals surface area (Å²) in [5.41, 5.74) is 0.381. The van der Waals surface area contributed by atoms with Crippen LogP contribution < -0.4 is 5.32 Å². The molecule has 3 rings (SSSR count). The Morgan fingerprint density at radius 2 is 1.89 bits per heavy atom. The van der Waals surface area contributed by atoms with Crippen LogP contribution in [-0.4, -0.2) is 36.5 Å². The minimum absolute atomic E-state index is 0.342. The maximum Gasteiger partial charge on any atom is 0.226 e. The molecule has 0 aromatic rings. The predicted molar refractivity (Wildman–Crippen MR) is 76.8 cm³/mol. The average Bonchev–Trinajstić information content (AvgIpc) is 3.07. The Kier molecular flexibility index (Phi) is 3.36. The van der Waals surface area contributed by atoms with Gasteiger partial charge in [0.2, 0.25) is 5.91 Å². The number of rotatable bonds is 1. The van der Waals surface area contributed by atoms with Crippen molar-refractivity contribution in [3.8, 4) is 0 Å². The summed E-state index contributed by atoms with van der Waals surface area (Å²) in [6.45, 7) is 10.0. The van der Waals surface area contributed by atoms with Gasteiger partial charge in [0.05, 0.1) is 0 Å². The molecule has 19 heavy (non-hydrogen) atoms. The maximum atomic E-state index is 12.8. The van der Waals surface area contributed by atoms with Crippen LogP contribution in [0.2, 0.25) is 0 Å². The van der Waals surface area contributed by atoms with Crippen LogP contribution in [0, 0.1) is 23.2 Å². The molecular weight excluding hydrogens is 236 g/mol. The van der Waals surface area contributed by atoms with E-state index in [0.717, 1.165) is 26.1 Å². The van der Waals surface area contributed by atoms with Gasteiger partial charge in [0.25, 0.3) is 0 Å². The summed E-state index contributed by atoms with van der Waals surface area (Å²) >= 11 is 0. The number of amides is 1. The number of hydrogen-bond donors (Lipinski definition) is 1. The zero-order valence-corrected chi connectivity index (χ0v) is 12.6. The van der Waals surface area contributed by atoms with E-state index in [9.17, 15) is 4.79 Å². The van der Waals surface area contributed by atoms with E-state index in [1.165, 1.54) is 19.3 Å². The molecule has 3 nitrogen and oxygen atoms in total. The largest absolute Gasteiger partial charge is 0.339 e. The second-order valence-electron chi connectivity index (χ2n) is 7.42. The lowest BCUT2D eigenvalue weighted by Crippen LogP contribution is -2.50. The Hall–Kier alpha value is -0.570. The number of nitrogens with zero attached hydrogens (tertiary/aromatic N) is 1. The standard InChI is InChI=1S/C16H28N2O/c1-11-8-12(2)13(3)18(10-11)15(19)14-9-16(14)4-6-17-7-5-16/h11-14,17H,4-10H2,1-3H3. The highest BCUT2D eigenvalue weighted by molar-refractivity contribution is 5.83. The molecule has 0 radical (unpaired) electrons. The quantitative estimate of drug-likeness (QED) is 0.788. The monoisotopic (exact) mass is 264 g/mol. The Bertz CT molecular complexity index is 362. The highest BCUT2D eigenvalue weighted by atomic mass is 16.2. The summed E-state index contributed by atoms with van der Waals surface area (Å²) in [4.78, 5) is 15.0. The highest BCUT2D eigenvalue weighted by Crippen LogP contribution is 2.59. The van der Waals surface area contributed by atoms with E-state index < -0.39 is 0 Å². The molecule has 1 amide bonds. The molecule has 2 heterocycles. The van der Waals surface area contributed by atoms with E-state index in [1.807, 2.05) is 0 Å². The number of nitrogens with one attached hydrogen (secondary N) is 1. The van der Waals surface area contributed by atoms with E-state index in [0.29, 0.717) is 35.1 Å². The average molecular weight is 264 g/mol. The van der Waals surface area contributed by atoms with Crippen LogP contribution in [0.3, 0.4) is 0 Å². The van der Waals surface area contributed by atoms with Gasteiger partial charge in [-0.3, -0.25) is 4.79 Å². The second kappa shape index (κ2) is 4.76. The fourth-order valence-corrected chi connectivity index (χ4v) is 4.38. The van der Waals surface area contributed by atoms with Crippen molar-refractivity contribution in [2.24, 2.45) is 23.2 Å². The summed E-state index contributed by atoms with van der Waals surface area (Å²) in [7, 11) is 0. The van der Waals surface area contributed by atoms with Gasteiger partial charge in [-0.1, -0.05) is 13.8 Å².